The summed E-state index contributed by atoms with van der Waals surface area (Å²) in [7, 11) is 0. The molecule has 43 nitrogen and oxygen atoms in total. The fraction of sp³-hybridized carbons (Fsp3) is 0.523. The molecule has 0 unspecified atom stereocenters. The smallest absolute Gasteiger partial charge is 0.407 e. The first-order valence-electron chi connectivity index (χ1n) is 34.2. The lowest BCUT2D eigenvalue weighted by atomic mass is 9.98. The minimum Gasteiger partial charge on any atom is -0.449 e. The van der Waals surface area contributed by atoms with Crippen LogP contribution < -0.4 is 108 Å². The number of amides is 16. The fourth-order valence-corrected chi connectivity index (χ4v) is 10.0. The lowest BCUT2D eigenvalue weighted by Gasteiger charge is -2.24. The van der Waals surface area contributed by atoms with Gasteiger partial charge in [0.25, 0.3) is 5.91 Å². The van der Waals surface area contributed by atoms with E-state index in [1.54, 1.807) is 0 Å². The monoisotopic (exact) mass is 1520 g/mol. The number of nitrogens with two attached hydrogens (primary N) is 5. The van der Waals surface area contributed by atoms with E-state index < -0.39 is 201 Å². The number of ether oxygens (including phenoxy) is 4. The summed E-state index contributed by atoms with van der Waals surface area (Å²) in [5.41, 5.74) is 30.7. The van der Waals surface area contributed by atoms with Crippen LogP contribution >= 0.6 is 0 Å². The maximum atomic E-state index is 13.7. The molecule has 3 rings (SSSR count). The second kappa shape index (κ2) is 50.3. The van der Waals surface area contributed by atoms with Crippen LogP contribution in [0.1, 0.15) is 88.2 Å². The quantitative estimate of drug-likeness (QED) is 0.00961. The number of carbonyl (C=O) groups is 17. The molecule has 0 fully saturated rings. The first kappa shape index (κ1) is 90.1. The molecule has 0 radical (unpaired) electrons. The second-order valence-electron chi connectivity index (χ2n) is 23.9. The number of primary amides is 3. The van der Waals surface area contributed by atoms with E-state index in [9.17, 15) is 81.5 Å². The molecule has 2 aromatic rings. The number of guanidine groups is 2. The maximum Gasteiger partial charge on any atom is 0.407 e. The zero-order valence-electron chi connectivity index (χ0n) is 59.6. The summed E-state index contributed by atoms with van der Waals surface area (Å²) < 4.78 is 21.6. The van der Waals surface area contributed by atoms with Crippen LogP contribution in [0, 0.1) is 10.8 Å². The molecule has 1 aliphatic rings. The van der Waals surface area contributed by atoms with E-state index in [0.29, 0.717) is 39.2 Å². The molecule has 0 heterocycles. The topological polar surface area (TPSA) is 685 Å². The number of hydrogen-bond acceptors (Lipinski definition) is 23. The van der Waals surface area contributed by atoms with Crippen LogP contribution in [-0.2, 0) is 95.7 Å². The van der Waals surface area contributed by atoms with Crippen LogP contribution in [0.4, 0.5) is 4.79 Å². The fourth-order valence-electron chi connectivity index (χ4n) is 10.0. The normalized spacial score (nSPS) is 12.7. The zero-order chi connectivity index (χ0) is 79.9. The molecule has 0 spiro atoms. The molecule has 0 aliphatic heterocycles. The summed E-state index contributed by atoms with van der Waals surface area (Å²) in [4.78, 5) is 216. The van der Waals surface area contributed by atoms with Gasteiger partial charge < -0.3 is 127 Å². The Morgan fingerprint density at radius 1 is 0.407 bits per heavy atom. The molecular weight excluding hydrogens is 1420 g/mol. The van der Waals surface area contributed by atoms with E-state index in [-0.39, 0.29) is 83.9 Å². The maximum absolute atomic E-state index is 13.7. The van der Waals surface area contributed by atoms with E-state index >= 15 is 0 Å². The number of fused-ring (bicyclic) bond motifs is 3. The van der Waals surface area contributed by atoms with Crippen molar-refractivity contribution in [2.24, 2.45) is 28.7 Å². The summed E-state index contributed by atoms with van der Waals surface area (Å²) >= 11 is 0. The lowest BCUT2D eigenvalue weighted by molar-refractivity contribution is -0.135. The van der Waals surface area contributed by atoms with Crippen LogP contribution in [0.3, 0.4) is 0 Å². The molecule has 0 saturated carbocycles. The molecule has 0 bridgehead atoms. The predicted octanol–water partition coefficient (Wildman–Crippen LogP) is -9.28. The number of aldehydes is 1. The second-order valence-corrected chi connectivity index (χ2v) is 23.9. The van der Waals surface area contributed by atoms with Crippen molar-refractivity contribution < 1.29 is 100 Å². The minimum atomic E-state index is -1.83. The highest BCUT2D eigenvalue weighted by molar-refractivity contribution is 6.23. The van der Waals surface area contributed by atoms with Crippen molar-refractivity contribution in [1.82, 2.24) is 79.8 Å². The highest BCUT2D eigenvalue weighted by Crippen LogP contribution is 2.44. The van der Waals surface area contributed by atoms with Gasteiger partial charge in [-0.1, -0.05) is 48.5 Å². The Kier molecular flexibility index (Phi) is 42.0. The summed E-state index contributed by atoms with van der Waals surface area (Å²) in [5, 5.41) is 50.2. The highest BCUT2D eigenvalue weighted by Gasteiger charge is 2.33. The third-order valence-corrected chi connectivity index (χ3v) is 15.3. The van der Waals surface area contributed by atoms with E-state index in [1.807, 2.05) is 48.5 Å². The Morgan fingerprint density at radius 2 is 0.796 bits per heavy atom. The molecule has 16 amide bonds. The summed E-state index contributed by atoms with van der Waals surface area (Å²) in [6.07, 6.45) is -2.68. The largest absolute Gasteiger partial charge is 0.449 e. The van der Waals surface area contributed by atoms with Crippen LogP contribution in [-0.4, -0.2) is 254 Å². The number of nitrogens with one attached hydrogen (secondary N) is 17. The van der Waals surface area contributed by atoms with Gasteiger partial charge in [0.1, 0.15) is 49.4 Å². The van der Waals surface area contributed by atoms with Crippen molar-refractivity contribution in [2.75, 3.05) is 105 Å². The molecular formula is C65H98N22O21. The van der Waals surface area contributed by atoms with Crippen molar-refractivity contribution >= 4 is 113 Å². The number of hydrogen-bond donors (Lipinski definition) is 22. The first-order valence-corrected chi connectivity index (χ1v) is 34.2. The first-order chi connectivity index (χ1) is 51.5. The Hall–Kier alpha value is -12.1. The van der Waals surface area contributed by atoms with Crippen molar-refractivity contribution in [3.05, 3.63) is 59.7 Å². The molecule has 1 aliphatic carbocycles. The average molecular weight is 1520 g/mol. The van der Waals surface area contributed by atoms with Crippen LogP contribution in [0.15, 0.2) is 48.5 Å². The SMILES string of the molecule is C[C@H](NC(=O)[C@H](CC(N)=O)NC(=O)CNC(=O)OCC1c2ccccc2-c2ccccc21)C(=O)N[C@@H](CCCNC(=N)N)C(=O)NCC(=O)N[C@@H](CCCNC(=N)N)C(=O)NCC(=O)N[C@@H](CC(N)=O)C(=O)N[C@@H](CCC(N)=O)C(=O)NCC(=O)NCC(=O)NCCCOCCOCCOCCCNC(=O)C=O. The molecule has 6 atom stereocenters. The van der Waals surface area contributed by atoms with Crippen molar-refractivity contribution in [3.8, 4) is 11.1 Å². The van der Waals surface area contributed by atoms with Gasteiger partial charge in [-0.15, -0.1) is 0 Å². The predicted molar refractivity (Wildman–Crippen MR) is 380 cm³/mol. The van der Waals surface area contributed by atoms with Gasteiger partial charge in [0, 0.05) is 51.7 Å². The van der Waals surface area contributed by atoms with Crippen molar-refractivity contribution in [3.63, 3.8) is 0 Å². The average Bonchev–Trinajstić information content (AvgIpc) is 1.62. The van der Waals surface area contributed by atoms with Gasteiger partial charge in [-0.25, -0.2) is 4.79 Å². The van der Waals surface area contributed by atoms with E-state index in [1.165, 1.54) is 6.92 Å². The van der Waals surface area contributed by atoms with Gasteiger partial charge >= 0.3 is 6.09 Å². The molecule has 2 aromatic carbocycles. The van der Waals surface area contributed by atoms with Crippen LogP contribution in [0.2, 0.25) is 0 Å². The third kappa shape index (κ3) is 37.5. The van der Waals surface area contributed by atoms with Crippen molar-refractivity contribution in [2.45, 2.75) is 113 Å². The van der Waals surface area contributed by atoms with Crippen LogP contribution in [0.25, 0.3) is 11.1 Å². The Labute approximate surface area is 619 Å². The van der Waals surface area contributed by atoms with Gasteiger partial charge in [-0.05, 0) is 74.1 Å². The molecule has 43 heteroatoms. The standard InChI is InChI=1S/C65H98N22O21/c1-37(82-61(102)46(28-49(67)90)84-55(96)34-81-65(104)108-36-42-40-12-4-2-10-38(40)39-11-3-5-13-41(39)42)57(98)86-44(15-7-19-76-64(71)72)59(100)80-32-53(94)83-43(14-6-18-75-63(69)70)58(99)79-33-54(95)85-47(29-50(68)91)62(103)87-45(16-17-48(66)89)60(101)78-31-52(93)77-30-51(92)73-20-8-22-105-24-26-107-27-25-106-23-9-21-74-56(97)35-88/h2-5,10-13,35,37,42-47H,6-9,14-34,36H2,1H3,(H2,66,89)(H2,67,90)(H2,68,91)(H,73,92)(H,74,97)(H,77,93)(H,78,101)(H,79,99)(H,80,100)(H,81,104)(H,82,102)(H,83,94)(H,84,96)(H,85,95)(H,86,98)(H,87,103)(H4,69,70,75)(H4,71,72,76)/t37-,43-,44-,45-,46-,47-/m0/s1. The number of benzene rings is 2. The molecule has 27 N–H and O–H groups in total. The lowest BCUT2D eigenvalue weighted by Crippen LogP contribution is -2.57. The summed E-state index contributed by atoms with van der Waals surface area (Å²) in [6, 6.07) is 5.69. The Morgan fingerprint density at radius 3 is 1.27 bits per heavy atom. The molecule has 0 saturated heterocycles. The van der Waals surface area contributed by atoms with E-state index in [2.05, 4.69) is 79.8 Å². The minimum absolute atomic E-state index is 0.000241. The van der Waals surface area contributed by atoms with Crippen molar-refractivity contribution in [1.29, 1.82) is 10.8 Å². The summed E-state index contributed by atoms with van der Waals surface area (Å²) in [6.45, 7) is -0.313. The van der Waals surface area contributed by atoms with E-state index in [0.717, 1.165) is 22.3 Å². The van der Waals surface area contributed by atoms with Gasteiger partial charge in [0.2, 0.25) is 89.0 Å². The molecule has 594 valence electrons. The Bertz CT molecular complexity index is 3430. The van der Waals surface area contributed by atoms with Gasteiger partial charge in [-0.3, -0.25) is 87.5 Å². The number of alkyl carbamates (subject to hydrolysis) is 1. The number of rotatable bonds is 54. The highest BCUT2D eigenvalue weighted by atomic mass is 16.6. The van der Waals surface area contributed by atoms with Gasteiger partial charge in [-0.2, -0.15) is 0 Å². The van der Waals surface area contributed by atoms with Gasteiger partial charge in [0.05, 0.1) is 65.4 Å². The number of carbonyl (C=O) groups excluding carboxylic acids is 17. The molecule has 108 heavy (non-hydrogen) atoms. The van der Waals surface area contributed by atoms with Crippen LogP contribution in [0.5, 0.6) is 0 Å². The van der Waals surface area contributed by atoms with Gasteiger partial charge in [0.15, 0.2) is 11.9 Å². The van der Waals surface area contributed by atoms with E-state index in [4.69, 9.17) is 58.4 Å². The Balaban J connectivity index is 1.54. The third-order valence-electron chi connectivity index (χ3n) is 15.3. The summed E-state index contributed by atoms with van der Waals surface area (Å²) in [5.74, 6) is -15.7. The zero-order valence-corrected chi connectivity index (χ0v) is 59.6. The molecule has 0 aromatic heterocycles.